The van der Waals surface area contributed by atoms with Gasteiger partial charge in [0.05, 0.1) is 5.69 Å². The van der Waals surface area contributed by atoms with Crippen molar-refractivity contribution in [3.8, 4) is 0 Å². The van der Waals surface area contributed by atoms with Gasteiger partial charge in [0.2, 0.25) is 5.96 Å². The first-order chi connectivity index (χ1) is 29.6. The third-order valence-corrected chi connectivity index (χ3v) is 12.0. The molecule has 0 aliphatic rings. The number of rotatable bonds is 4. The predicted octanol–water partition coefficient (Wildman–Crippen LogP) is 15.9. The van der Waals surface area contributed by atoms with E-state index in [0.717, 1.165) is 44.3 Å². The van der Waals surface area contributed by atoms with Crippen LogP contribution in [0.15, 0.2) is 223 Å². The largest absolute Gasteiger partial charge is 0.325 e. The van der Waals surface area contributed by atoms with Crippen molar-refractivity contribution in [1.82, 2.24) is 0 Å². The van der Waals surface area contributed by atoms with E-state index in [1.165, 1.54) is 64.6 Å². The fourth-order valence-electron chi connectivity index (χ4n) is 8.93. The Morgan fingerprint density at radius 2 is 0.600 bits per heavy atom. The molecule has 3 heteroatoms. The first-order valence-corrected chi connectivity index (χ1v) is 20.5. The van der Waals surface area contributed by atoms with E-state index in [1.54, 1.807) is 0 Å². The molecule has 0 amide bonds. The number of benzene rings is 12. The molecule has 1 N–H and O–H groups in total. The molecule has 12 rings (SSSR count). The summed E-state index contributed by atoms with van der Waals surface area (Å²) >= 11 is 0. The maximum atomic E-state index is 5.56. The van der Waals surface area contributed by atoms with Gasteiger partial charge in [0.15, 0.2) is 0 Å². The molecular weight excluding hydrogens is 727 g/mol. The standard InChI is InChI=1S/C57H37N3/c1-5-13-41-29-49-33-53(21-17-45(49)25-37(41)9-1)58-57(59-54-22-18-46-26-38-10-2-6-14-42(38)30-50(46)34-54)60(55-23-19-47-27-39-11-3-7-15-43(39)31-51(47)35-55)56-24-20-48-28-40-12-4-8-16-44(40)32-52(48)36-56/h1-36H,(H,58,59). The normalized spacial score (nSPS) is 12.1. The van der Waals surface area contributed by atoms with E-state index in [1.807, 2.05) is 0 Å². The van der Waals surface area contributed by atoms with Crippen LogP contribution in [0.4, 0.5) is 22.7 Å². The zero-order valence-electron chi connectivity index (χ0n) is 32.7. The van der Waals surface area contributed by atoms with E-state index in [0.29, 0.717) is 5.96 Å². The maximum Gasteiger partial charge on any atom is 0.212 e. The first-order valence-electron chi connectivity index (χ1n) is 20.5. The molecule has 12 aromatic carbocycles. The Morgan fingerprint density at radius 3 is 1.02 bits per heavy atom. The van der Waals surface area contributed by atoms with E-state index >= 15 is 0 Å². The van der Waals surface area contributed by atoms with Crippen LogP contribution in [-0.4, -0.2) is 5.96 Å². The zero-order valence-corrected chi connectivity index (χ0v) is 32.7. The number of anilines is 3. The van der Waals surface area contributed by atoms with Crippen LogP contribution in [0.25, 0.3) is 86.2 Å². The van der Waals surface area contributed by atoms with Gasteiger partial charge in [-0.15, -0.1) is 0 Å². The van der Waals surface area contributed by atoms with Gasteiger partial charge in [-0.3, -0.25) is 4.90 Å². The molecule has 0 fully saturated rings. The molecule has 0 saturated heterocycles. The topological polar surface area (TPSA) is 27.6 Å². The highest BCUT2D eigenvalue weighted by atomic mass is 15.3. The summed E-state index contributed by atoms with van der Waals surface area (Å²) in [5, 5.41) is 23.1. The maximum absolute atomic E-state index is 5.56. The molecule has 0 heterocycles. The lowest BCUT2D eigenvalue weighted by Gasteiger charge is -2.28. The van der Waals surface area contributed by atoms with E-state index in [9.17, 15) is 0 Å². The number of guanidine groups is 1. The summed E-state index contributed by atoms with van der Waals surface area (Å²) in [4.78, 5) is 7.83. The van der Waals surface area contributed by atoms with Gasteiger partial charge in [0.25, 0.3) is 0 Å². The van der Waals surface area contributed by atoms with Crippen LogP contribution in [0.2, 0.25) is 0 Å². The molecule has 12 aromatic rings. The van der Waals surface area contributed by atoms with Gasteiger partial charge in [-0.05, 0) is 183 Å². The Bertz CT molecular complexity index is 3600. The third kappa shape index (κ3) is 6.12. The second-order valence-electron chi connectivity index (χ2n) is 15.8. The zero-order chi connectivity index (χ0) is 39.6. The second-order valence-corrected chi connectivity index (χ2v) is 15.8. The summed E-state index contributed by atoms with van der Waals surface area (Å²) in [6.07, 6.45) is 0. The average Bonchev–Trinajstić information content (AvgIpc) is 3.28. The van der Waals surface area contributed by atoms with Crippen LogP contribution in [-0.2, 0) is 0 Å². The number of fused-ring (bicyclic) bond motifs is 8. The predicted molar refractivity (Wildman–Crippen MR) is 259 cm³/mol. The SMILES string of the molecule is c1ccc2cc3cc(N=C(Nc4ccc5cc6ccccc6cc5c4)N(c4ccc5cc6ccccc6cc5c4)c4ccc5cc6ccccc6cc5c4)ccc3cc2c1. The van der Waals surface area contributed by atoms with Crippen molar-refractivity contribution in [3.63, 3.8) is 0 Å². The van der Waals surface area contributed by atoms with Gasteiger partial charge < -0.3 is 5.32 Å². The van der Waals surface area contributed by atoms with Crippen LogP contribution < -0.4 is 10.2 Å². The summed E-state index contributed by atoms with van der Waals surface area (Å²) in [5.74, 6) is 0.690. The summed E-state index contributed by atoms with van der Waals surface area (Å²) in [7, 11) is 0. The van der Waals surface area contributed by atoms with Crippen LogP contribution in [0.1, 0.15) is 0 Å². The lowest BCUT2D eigenvalue weighted by molar-refractivity contribution is 1.31. The van der Waals surface area contributed by atoms with Gasteiger partial charge in [-0.1, -0.05) is 121 Å². The molecule has 0 aliphatic heterocycles. The molecule has 0 bridgehead atoms. The van der Waals surface area contributed by atoms with Crippen LogP contribution >= 0.6 is 0 Å². The number of nitrogens with one attached hydrogen (secondary N) is 1. The van der Waals surface area contributed by atoms with E-state index in [4.69, 9.17) is 4.99 Å². The highest BCUT2D eigenvalue weighted by Gasteiger charge is 2.20. The quantitative estimate of drug-likeness (QED) is 0.110. The Labute approximate surface area is 347 Å². The number of aliphatic imine (C=N–C) groups is 1. The molecule has 0 aliphatic carbocycles. The molecule has 0 aromatic heterocycles. The minimum Gasteiger partial charge on any atom is -0.325 e. The summed E-state index contributed by atoms with van der Waals surface area (Å²) < 4.78 is 0. The molecule has 0 saturated carbocycles. The van der Waals surface area contributed by atoms with Crippen LogP contribution in [0, 0.1) is 0 Å². The highest BCUT2D eigenvalue weighted by molar-refractivity contribution is 6.15. The fraction of sp³-hybridized carbons (Fsp3) is 0. The second kappa shape index (κ2) is 13.8. The average molecular weight is 764 g/mol. The summed E-state index contributed by atoms with van der Waals surface area (Å²) in [5.41, 5.74) is 3.81. The lowest BCUT2D eigenvalue weighted by Crippen LogP contribution is -2.32. The monoisotopic (exact) mass is 763 g/mol. The van der Waals surface area contributed by atoms with Gasteiger partial charge >= 0.3 is 0 Å². The smallest absolute Gasteiger partial charge is 0.212 e. The van der Waals surface area contributed by atoms with Crippen LogP contribution in [0.3, 0.4) is 0 Å². The van der Waals surface area contributed by atoms with Crippen molar-refractivity contribution in [3.05, 3.63) is 218 Å². The number of nitrogens with zero attached hydrogens (tertiary/aromatic N) is 2. The molecule has 280 valence electrons. The van der Waals surface area contributed by atoms with Gasteiger partial charge in [0.1, 0.15) is 0 Å². The van der Waals surface area contributed by atoms with Gasteiger partial charge in [-0.25, -0.2) is 4.99 Å². The van der Waals surface area contributed by atoms with Crippen molar-refractivity contribution in [2.45, 2.75) is 0 Å². The molecule has 3 nitrogen and oxygen atoms in total. The molecular formula is C57H37N3. The van der Waals surface area contributed by atoms with Crippen molar-refractivity contribution in [2.75, 3.05) is 10.2 Å². The highest BCUT2D eigenvalue weighted by Crippen LogP contribution is 2.36. The lowest BCUT2D eigenvalue weighted by atomic mass is 10.0. The van der Waals surface area contributed by atoms with Crippen LogP contribution in [0.5, 0.6) is 0 Å². The number of hydrogen-bond donors (Lipinski definition) is 1. The molecule has 0 radical (unpaired) electrons. The third-order valence-electron chi connectivity index (χ3n) is 12.0. The van der Waals surface area contributed by atoms with E-state index < -0.39 is 0 Å². The molecule has 60 heavy (non-hydrogen) atoms. The van der Waals surface area contributed by atoms with E-state index in [-0.39, 0.29) is 0 Å². The van der Waals surface area contributed by atoms with Gasteiger partial charge in [0, 0.05) is 17.1 Å². The van der Waals surface area contributed by atoms with E-state index in [2.05, 4.69) is 229 Å². The molecule has 0 spiro atoms. The summed E-state index contributed by atoms with van der Waals surface area (Å²) in [6, 6.07) is 79.1. The Balaban J connectivity index is 1.08. The molecule has 0 unspecified atom stereocenters. The first kappa shape index (κ1) is 34.1. The van der Waals surface area contributed by atoms with Crippen molar-refractivity contribution < 1.29 is 0 Å². The minimum absolute atomic E-state index is 0.690. The summed E-state index contributed by atoms with van der Waals surface area (Å²) in [6.45, 7) is 0. The molecule has 0 atom stereocenters. The van der Waals surface area contributed by atoms with Crippen molar-refractivity contribution >= 4 is 115 Å². The minimum atomic E-state index is 0.690. The Hall–Kier alpha value is -8.01. The number of hydrogen-bond acceptors (Lipinski definition) is 1. The van der Waals surface area contributed by atoms with Crippen molar-refractivity contribution in [1.29, 1.82) is 0 Å². The fourth-order valence-corrected chi connectivity index (χ4v) is 8.93. The van der Waals surface area contributed by atoms with Crippen molar-refractivity contribution in [2.24, 2.45) is 4.99 Å². The van der Waals surface area contributed by atoms with Gasteiger partial charge in [-0.2, -0.15) is 0 Å². The Morgan fingerprint density at radius 1 is 0.283 bits per heavy atom. The Kier molecular flexibility index (Phi) is 7.85.